The number of ether oxygens (including phenoxy) is 2. The SMILES string of the molecule is COC(=O)c1c(C)[nH]c(C(=O)OCC(=O)Nc2ccccc2Br)c1C. The molecule has 2 rings (SSSR count). The summed E-state index contributed by atoms with van der Waals surface area (Å²) < 4.78 is 10.4. The summed E-state index contributed by atoms with van der Waals surface area (Å²) in [6.45, 7) is 2.80. The number of halogens is 1. The molecule has 8 heteroatoms. The lowest BCUT2D eigenvalue weighted by molar-refractivity contribution is -0.119. The molecule has 0 atom stereocenters. The molecule has 0 spiro atoms. The van der Waals surface area contributed by atoms with Gasteiger partial charge in [0.25, 0.3) is 5.91 Å². The van der Waals surface area contributed by atoms with Crippen molar-refractivity contribution in [1.29, 1.82) is 0 Å². The van der Waals surface area contributed by atoms with Crippen molar-refractivity contribution in [3.63, 3.8) is 0 Å². The number of esters is 2. The van der Waals surface area contributed by atoms with Crippen molar-refractivity contribution in [2.45, 2.75) is 13.8 Å². The Hall–Kier alpha value is -2.61. The molecule has 0 radical (unpaired) electrons. The highest BCUT2D eigenvalue weighted by atomic mass is 79.9. The average Bonchev–Trinajstić information content (AvgIpc) is 2.88. The molecule has 0 unspecified atom stereocenters. The number of hydrogen-bond acceptors (Lipinski definition) is 5. The number of anilines is 1. The van der Waals surface area contributed by atoms with Crippen molar-refractivity contribution in [3.05, 3.63) is 51.3 Å². The van der Waals surface area contributed by atoms with E-state index in [4.69, 9.17) is 4.74 Å². The fraction of sp³-hybridized carbons (Fsp3) is 0.235. The standard InChI is InChI=1S/C17H17BrN2O5/c1-9-14(16(22)24-3)10(2)19-15(9)17(23)25-8-13(21)20-12-7-5-4-6-11(12)18/h4-7,19H,8H2,1-3H3,(H,20,21). The molecular formula is C17H17BrN2O5. The maximum Gasteiger partial charge on any atom is 0.355 e. The molecule has 0 saturated heterocycles. The molecule has 7 nitrogen and oxygen atoms in total. The Labute approximate surface area is 152 Å². The zero-order valence-electron chi connectivity index (χ0n) is 13.9. The first kappa shape index (κ1) is 18.7. The number of carbonyl (C=O) groups is 3. The molecule has 0 aliphatic carbocycles. The number of carbonyl (C=O) groups excluding carboxylic acids is 3. The second kappa shape index (κ2) is 7.98. The number of amides is 1. The topological polar surface area (TPSA) is 97.5 Å². The van der Waals surface area contributed by atoms with Crippen LogP contribution >= 0.6 is 15.9 Å². The number of rotatable bonds is 5. The van der Waals surface area contributed by atoms with E-state index in [1.54, 1.807) is 32.0 Å². The van der Waals surface area contributed by atoms with Gasteiger partial charge in [-0.2, -0.15) is 0 Å². The molecule has 1 aromatic heterocycles. The van der Waals surface area contributed by atoms with E-state index < -0.39 is 24.5 Å². The van der Waals surface area contributed by atoms with Gasteiger partial charge < -0.3 is 19.8 Å². The van der Waals surface area contributed by atoms with Crippen molar-refractivity contribution < 1.29 is 23.9 Å². The first-order valence-electron chi connectivity index (χ1n) is 7.34. The molecule has 0 bridgehead atoms. The summed E-state index contributed by atoms with van der Waals surface area (Å²) in [4.78, 5) is 38.6. The van der Waals surface area contributed by atoms with Crippen LogP contribution in [-0.2, 0) is 14.3 Å². The van der Waals surface area contributed by atoms with Gasteiger partial charge in [-0.05, 0) is 47.5 Å². The van der Waals surface area contributed by atoms with Crippen LogP contribution in [0.15, 0.2) is 28.7 Å². The minimum absolute atomic E-state index is 0.117. The van der Waals surface area contributed by atoms with E-state index in [1.165, 1.54) is 7.11 Å². The first-order chi connectivity index (χ1) is 11.8. The molecule has 0 fully saturated rings. The van der Waals surface area contributed by atoms with E-state index in [9.17, 15) is 14.4 Å². The lowest BCUT2D eigenvalue weighted by Crippen LogP contribution is -2.21. The zero-order chi connectivity index (χ0) is 18.6. The van der Waals surface area contributed by atoms with Crippen LogP contribution in [0.3, 0.4) is 0 Å². The molecule has 0 aliphatic heterocycles. The van der Waals surface area contributed by atoms with E-state index in [-0.39, 0.29) is 11.3 Å². The van der Waals surface area contributed by atoms with E-state index in [1.807, 2.05) is 6.07 Å². The summed E-state index contributed by atoms with van der Waals surface area (Å²) >= 11 is 3.31. The molecule has 1 amide bonds. The number of aryl methyl sites for hydroxylation is 1. The van der Waals surface area contributed by atoms with Crippen LogP contribution in [-0.4, -0.2) is 36.5 Å². The van der Waals surface area contributed by atoms with Gasteiger partial charge in [-0.25, -0.2) is 9.59 Å². The molecule has 2 aromatic rings. The van der Waals surface area contributed by atoms with Gasteiger partial charge >= 0.3 is 11.9 Å². The van der Waals surface area contributed by atoms with Crippen LogP contribution < -0.4 is 5.32 Å². The molecule has 0 saturated carbocycles. The Kier molecular flexibility index (Phi) is 5.97. The van der Waals surface area contributed by atoms with Gasteiger partial charge in [0, 0.05) is 10.2 Å². The normalized spacial score (nSPS) is 10.2. The summed E-state index contributed by atoms with van der Waals surface area (Å²) in [5.41, 5.74) is 1.89. The predicted molar refractivity (Wildman–Crippen MR) is 94.7 cm³/mol. The number of para-hydroxylation sites is 1. The monoisotopic (exact) mass is 408 g/mol. The number of methoxy groups -OCH3 is 1. The third kappa shape index (κ3) is 4.27. The van der Waals surface area contributed by atoms with Crippen LogP contribution in [0.25, 0.3) is 0 Å². The van der Waals surface area contributed by atoms with Crippen LogP contribution in [0.5, 0.6) is 0 Å². The highest BCUT2D eigenvalue weighted by Crippen LogP contribution is 2.21. The quantitative estimate of drug-likeness (QED) is 0.741. The Balaban J connectivity index is 2.02. The van der Waals surface area contributed by atoms with Gasteiger partial charge in [0.2, 0.25) is 0 Å². The molecular weight excluding hydrogens is 392 g/mol. The van der Waals surface area contributed by atoms with E-state index in [2.05, 4.69) is 31.0 Å². The van der Waals surface area contributed by atoms with Crippen LogP contribution in [0.2, 0.25) is 0 Å². The van der Waals surface area contributed by atoms with Crippen molar-refractivity contribution in [2.24, 2.45) is 0 Å². The minimum atomic E-state index is -0.724. The maximum atomic E-state index is 12.2. The fourth-order valence-electron chi connectivity index (χ4n) is 2.31. The summed E-state index contributed by atoms with van der Waals surface area (Å²) in [5.74, 6) is -1.75. The van der Waals surface area contributed by atoms with E-state index >= 15 is 0 Å². The van der Waals surface area contributed by atoms with E-state index in [0.717, 1.165) is 0 Å². The number of aromatic nitrogens is 1. The van der Waals surface area contributed by atoms with Gasteiger partial charge in [-0.1, -0.05) is 12.1 Å². The molecule has 2 N–H and O–H groups in total. The van der Waals surface area contributed by atoms with Gasteiger partial charge in [-0.15, -0.1) is 0 Å². The van der Waals surface area contributed by atoms with Crippen molar-refractivity contribution >= 4 is 39.5 Å². The van der Waals surface area contributed by atoms with Crippen molar-refractivity contribution in [1.82, 2.24) is 4.98 Å². The lowest BCUT2D eigenvalue weighted by Gasteiger charge is -2.08. The molecule has 25 heavy (non-hydrogen) atoms. The second-order valence-corrected chi connectivity index (χ2v) is 6.08. The Morgan fingerprint density at radius 2 is 1.84 bits per heavy atom. The average molecular weight is 409 g/mol. The third-order valence-corrected chi connectivity index (χ3v) is 4.20. The number of benzene rings is 1. The number of nitrogens with one attached hydrogen (secondary N) is 2. The summed E-state index contributed by atoms with van der Waals surface area (Å²) in [7, 11) is 1.26. The van der Waals surface area contributed by atoms with Crippen LogP contribution in [0.4, 0.5) is 5.69 Å². The Bertz CT molecular complexity index is 828. The maximum absolute atomic E-state index is 12.2. The first-order valence-corrected chi connectivity index (χ1v) is 8.13. The Morgan fingerprint density at radius 1 is 1.16 bits per heavy atom. The highest BCUT2D eigenvalue weighted by molar-refractivity contribution is 9.10. The van der Waals surface area contributed by atoms with E-state index in [0.29, 0.717) is 21.4 Å². The van der Waals surface area contributed by atoms with Gasteiger partial charge in [0.1, 0.15) is 5.69 Å². The largest absolute Gasteiger partial charge is 0.465 e. The van der Waals surface area contributed by atoms with Crippen molar-refractivity contribution in [2.75, 3.05) is 19.0 Å². The molecule has 1 heterocycles. The van der Waals surface area contributed by atoms with Crippen molar-refractivity contribution in [3.8, 4) is 0 Å². The molecule has 132 valence electrons. The highest BCUT2D eigenvalue weighted by Gasteiger charge is 2.23. The summed E-state index contributed by atoms with van der Waals surface area (Å²) in [6.07, 6.45) is 0. The predicted octanol–water partition coefficient (Wildman–Crippen LogP) is 2.98. The van der Waals surface area contributed by atoms with Gasteiger partial charge in [0.05, 0.1) is 18.4 Å². The zero-order valence-corrected chi connectivity index (χ0v) is 15.5. The van der Waals surface area contributed by atoms with Crippen LogP contribution in [0, 0.1) is 13.8 Å². The molecule has 1 aromatic carbocycles. The Morgan fingerprint density at radius 3 is 2.48 bits per heavy atom. The second-order valence-electron chi connectivity index (χ2n) is 5.22. The van der Waals surface area contributed by atoms with Crippen LogP contribution in [0.1, 0.15) is 32.1 Å². The lowest BCUT2D eigenvalue weighted by atomic mass is 10.1. The number of H-pyrrole nitrogens is 1. The minimum Gasteiger partial charge on any atom is -0.465 e. The third-order valence-electron chi connectivity index (χ3n) is 3.51. The summed E-state index contributed by atoms with van der Waals surface area (Å²) in [6, 6.07) is 7.08. The van der Waals surface area contributed by atoms with Gasteiger partial charge in [0.15, 0.2) is 6.61 Å². The summed E-state index contributed by atoms with van der Waals surface area (Å²) in [5, 5.41) is 2.63. The fourth-order valence-corrected chi connectivity index (χ4v) is 2.70. The number of hydrogen-bond donors (Lipinski definition) is 2. The van der Waals surface area contributed by atoms with Gasteiger partial charge in [-0.3, -0.25) is 4.79 Å². The smallest absolute Gasteiger partial charge is 0.355 e. The number of aromatic amines is 1. The molecule has 0 aliphatic rings.